The fourth-order valence-corrected chi connectivity index (χ4v) is 3.91. The number of rotatable bonds is 4. The van der Waals surface area contributed by atoms with Crippen LogP contribution < -0.4 is 0 Å². The maximum absolute atomic E-state index is 12.9. The Kier molecular flexibility index (Phi) is 4.71. The van der Waals surface area contributed by atoms with Gasteiger partial charge in [0, 0.05) is 16.7 Å². The van der Waals surface area contributed by atoms with E-state index in [0.29, 0.717) is 21.7 Å². The van der Waals surface area contributed by atoms with Crippen LogP contribution in [0, 0.1) is 11.3 Å². The third kappa shape index (κ3) is 3.18. The normalized spacial score (nSPS) is 11.7. The number of para-hydroxylation sites is 1. The van der Waals surface area contributed by atoms with Crippen molar-refractivity contribution >= 4 is 38.7 Å². The van der Waals surface area contributed by atoms with Crippen molar-refractivity contribution in [3.63, 3.8) is 0 Å². The van der Waals surface area contributed by atoms with Gasteiger partial charge in [-0.2, -0.15) is 5.26 Å². The Morgan fingerprint density at radius 3 is 2.25 bits per heavy atom. The van der Waals surface area contributed by atoms with Gasteiger partial charge in [0.05, 0.1) is 10.2 Å². The Morgan fingerprint density at radius 2 is 1.54 bits per heavy atom. The van der Waals surface area contributed by atoms with E-state index in [2.05, 4.69) is 4.98 Å². The van der Waals surface area contributed by atoms with E-state index in [4.69, 9.17) is 0 Å². The topological polar surface area (TPSA) is 74.0 Å². The number of aromatic nitrogens is 1. The number of carbonyl (C=O) groups is 1. The molecule has 0 saturated heterocycles. The number of allylic oxidation sites excluding steroid dienone is 1. The van der Waals surface area contributed by atoms with Crippen LogP contribution in [0.25, 0.3) is 21.5 Å². The Hall–Kier alpha value is -3.75. The van der Waals surface area contributed by atoms with E-state index < -0.39 is 0 Å². The van der Waals surface area contributed by atoms with Gasteiger partial charge >= 0.3 is 0 Å². The zero-order valence-corrected chi connectivity index (χ0v) is 15.5. The molecule has 4 nitrogen and oxygen atoms in total. The van der Waals surface area contributed by atoms with Gasteiger partial charge in [-0.25, -0.2) is 4.98 Å². The molecule has 4 rings (SSSR count). The number of aliphatic hydroxyl groups excluding tert-OH is 1. The molecule has 0 aliphatic heterocycles. The van der Waals surface area contributed by atoms with Gasteiger partial charge in [-0.3, -0.25) is 4.79 Å². The summed E-state index contributed by atoms with van der Waals surface area (Å²) in [6.07, 6.45) is 0. The maximum Gasteiger partial charge on any atom is 0.193 e. The van der Waals surface area contributed by atoms with Gasteiger partial charge in [-0.15, -0.1) is 11.3 Å². The fraction of sp³-hybridized carbons (Fsp3) is 0. The maximum atomic E-state index is 12.9. The number of hydrogen-bond acceptors (Lipinski definition) is 5. The molecule has 134 valence electrons. The highest BCUT2D eigenvalue weighted by Crippen LogP contribution is 2.32. The average molecular weight is 382 g/mol. The van der Waals surface area contributed by atoms with E-state index in [0.717, 1.165) is 10.2 Å². The fourth-order valence-electron chi connectivity index (χ4n) is 2.95. The predicted molar refractivity (Wildman–Crippen MR) is 111 cm³/mol. The van der Waals surface area contributed by atoms with Gasteiger partial charge in [0.25, 0.3) is 0 Å². The van der Waals surface area contributed by atoms with Crippen molar-refractivity contribution in [2.24, 2.45) is 0 Å². The Morgan fingerprint density at radius 1 is 0.893 bits per heavy atom. The van der Waals surface area contributed by atoms with E-state index in [-0.39, 0.29) is 17.1 Å². The zero-order chi connectivity index (χ0) is 19.5. The molecular formula is C23H14N2O2S. The van der Waals surface area contributed by atoms with Crippen LogP contribution in [0.15, 0.2) is 78.9 Å². The van der Waals surface area contributed by atoms with Gasteiger partial charge in [0.1, 0.15) is 22.4 Å². The molecule has 5 heteroatoms. The number of thiazole rings is 1. The monoisotopic (exact) mass is 382 g/mol. The molecule has 1 aromatic heterocycles. The van der Waals surface area contributed by atoms with Crippen LogP contribution in [0.4, 0.5) is 0 Å². The lowest BCUT2D eigenvalue weighted by molar-refractivity contribution is 0.103. The smallest absolute Gasteiger partial charge is 0.193 e. The van der Waals surface area contributed by atoms with E-state index in [9.17, 15) is 15.2 Å². The standard InChI is InChI=1S/C23H14N2O2S/c24-14-18(23-25-19-12-6-7-13-20(19)28-23)22(27)17-11-5-4-10-16(17)21(26)15-8-2-1-3-9-15/h1-13,27H/b22-18-. The van der Waals surface area contributed by atoms with Gasteiger partial charge in [-0.1, -0.05) is 66.7 Å². The molecule has 0 radical (unpaired) electrons. The number of carbonyl (C=O) groups excluding carboxylic acids is 1. The summed E-state index contributed by atoms with van der Waals surface area (Å²) in [5.41, 5.74) is 1.97. The number of fused-ring (bicyclic) bond motifs is 1. The Balaban J connectivity index is 1.86. The first-order valence-corrected chi connectivity index (χ1v) is 9.39. The summed E-state index contributed by atoms with van der Waals surface area (Å²) in [5, 5.41) is 21.0. The van der Waals surface area contributed by atoms with Crippen molar-refractivity contribution in [3.8, 4) is 6.07 Å². The van der Waals surface area contributed by atoms with Crippen molar-refractivity contribution in [1.29, 1.82) is 5.26 Å². The quantitative estimate of drug-likeness (QED) is 0.288. The average Bonchev–Trinajstić information content (AvgIpc) is 3.18. The minimum absolute atomic E-state index is 0.0505. The van der Waals surface area contributed by atoms with Gasteiger partial charge in [-0.05, 0) is 12.1 Å². The summed E-state index contributed by atoms with van der Waals surface area (Å²) < 4.78 is 0.923. The van der Waals surface area contributed by atoms with Crippen LogP contribution in [0.3, 0.4) is 0 Å². The second kappa shape index (κ2) is 7.47. The van der Waals surface area contributed by atoms with Crippen molar-refractivity contribution in [2.75, 3.05) is 0 Å². The molecule has 0 aliphatic carbocycles. The highest BCUT2D eigenvalue weighted by Gasteiger charge is 2.20. The number of aliphatic hydroxyl groups is 1. The molecule has 0 fully saturated rings. The number of nitrogens with zero attached hydrogens (tertiary/aromatic N) is 2. The summed E-state index contributed by atoms with van der Waals surface area (Å²) in [5.74, 6) is -0.467. The van der Waals surface area contributed by atoms with Crippen LogP contribution >= 0.6 is 11.3 Å². The minimum Gasteiger partial charge on any atom is -0.506 e. The second-order valence-electron chi connectivity index (χ2n) is 6.06. The van der Waals surface area contributed by atoms with Crippen molar-refractivity contribution in [2.45, 2.75) is 0 Å². The molecule has 28 heavy (non-hydrogen) atoms. The first-order valence-electron chi connectivity index (χ1n) is 8.57. The highest BCUT2D eigenvalue weighted by atomic mass is 32.1. The van der Waals surface area contributed by atoms with Crippen LogP contribution in [-0.4, -0.2) is 15.9 Å². The molecule has 0 bridgehead atoms. The molecule has 3 aromatic carbocycles. The van der Waals surface area contributed by atoms with Crippen LogP contribution in [0.2, 0.25) is 0 Å². The number of benzene rings is 3. The SMILES string of the molecule is N#C/C(=C(/O)c1ccccc1C(=O)c1ccccc1)c1nc2ccccc2s1. The first kappa shape index (κ1) is 17.7. The van der Waals surface area contributed by atoms with E-state index >= 15 is 0 Å². The van der Waals surface area contributed by atoms with Crippen molar-refractivity contribution in [1.82, 2.24) is 4.98 Å². The molecule has 0 spiro atoms. The molecule has 0 saturated carbocycles. The Bertz CT molecular complexity index is 1220. The summed E-state index contributed by atoms with van der Waals surface area (Å²) in [7, 11) is 0. The summed E-state index contributed by atoms with van der Waals surface area (Å²) in [4.78, 5) is 17.4. The molecule has 0 aliphatic rings. The molecule has 1 N–H and O–H groups in total. The van der Waals surface area contributed by atoms with Gasteiger partial charge in [0.2, 0.25) is 0 Å². The zero-order valence-electron chi connectivity index (χ0n) is 14.7. The summed E-state index contributed by atoms with van der Waals surface area (Å²) >= 11 is 1.33. The van der Waals surface area contributed by atoms with Crippen molar-refractivity contribution in [3.05, 3.63) is 101 Å². The lowest BCUT2D eigenvalue weighted by Gasteiger charge is -2.09. The summed E-state index contributed by atoms with van der Waals surface area (Å²) in [6, 6.07) is 25.2. The molecule has 0 atom stereocenters. The third-order valence-corrected chi connectivity index (χ3v) is 5.37. The van der Waals surface area contributed by atoms with E-state index in [1.807, 2.05) is 36.4 Å². The van der Waals surface area contributed by atoms with Gasteiger partial charge in [0.15, 0.2) is 5.78 Å². The number of ketones is 1. The lowest BCUT2D eigenvalue weighted by atomic mass is 9.96. The lowest BCUT2D eigenvalue weighted by Crippen LogP contribution is -2.05. The number of nitriles is 1. The highest BCUT2D eigenvalue weighted by molar-refractivity contribution is 7.19. The Labute approximate surface area is 165 Å². The van der Waals surface area contributed by atoms with Crippen LogP contribution in [0.5, 0.6) is 0 Å². The van der Waals surface area contributed by atoms with Crippen LogP contribution in [-0.2, 0) is 0 Å². The largest absolute Gasteiger partial charge is 0.506 e. The van der Waals surface area contributed by atoms with E-state index in [1.165, 1.54) is 11.3 Å². The predicted octanol–water partition coefficient (Wildman–Crippen LogP) is 5.48. The van der Waals surface area contributed by atoms with E-state index in [1.54, 1.807) is 48.5 Å². The number of hydrogen-bond donors (Lipinski definition) is 1. The molecule has 4 aromatic rings. The minimum atomic E-state index is -0.249. The molecular weight excluding hydrogens is 368 g/mol. The third-order valence-electron chi connectivity index (χ3n) is 4.32. The first-order chi connectivity index (χ1) is 13.7. The van der Waals surface area contributed by atoms with Gasteiger partial charge < -0.3 is 5.11 Å². The molecule has 0 unspecified atom stereocenters. The molecule has 0 amide bonds. The summed E-state index contributed by atoms with van der Waals surface area (Å²) in [6.45, 7) is 0. The second-order valence-corrected chi connectivity index (χ2v) is 7.09. The van der Waals surface area contributed by atoms with Crippen LogP contribution in [0.1, 0.15) is 26.5 Å². The molecule has 1 heterocycles. The van der Waals surface area contributed by atoms with Crippen molar-refractivity contribution < 1.29 is 9.90 Å².